The van der Waals surface area contributed by atoms with Crippen LogP contribution in [0.1, 0.15) is 11.1 Å². The van der Waals surface area contributed by atoms with E-state index in [1.54, 1.807) is 7.84 Å². The van der Waals surface area contributed by atoms with Crippen molar-refractivity contribution in [1.29, 1.82) is 0 Å². The van der Waals surface area contributed by atoms with E-state index in [2.05, 4.69) is 71.7 Å². The van der Waals surface area contributed by atoms with Crippen LogP contribution in [-0.2, 0) is 0 Å². The van der Waals surface area contributed by atoms with Gasteiger partial charge in [0.2, 0.25) is 0 Å². The van der Waals surface area contributed by atoms with Crippen molar-refractivity contribution < 1.29 is 0 Å². The molecule has 0 spiro atoms. The summed E-state index contributed by atoms with van der Waals surface area (Å²) in [6.07, 6.45) is 2.37. The molecule has 0 bridgehead atoms. The quantitative estimate of drug-likeness (QED) is 0.719. The molecule has 3 rings (SSSR count). The van der Waals surface area contributed by atoms with Crippen molar-refractivity contribution in [3.05, 3.63) is 80.1 Å². The summed E-state index contributed by atoms with van der Waals surface area (Å²) in [4.78, 5) is 2.44. The molecule has 0 fully saturated rings. The van der Waals surface area contributed by atoms with Crippen molar-refractivity contribution in [3.63, 3.8) is 0 Å². The van der Waals surface area contributed by atoms with Crippen LogP contribution in [-0.4, -0.2) is 29.9 Å². The van der Waals surface area contributed by atoms with Crippen molar-refractivity contribution >= 4 is 40.5 Å². The van der Waals surface area contributed by atoms with Crippen LogP contribution in [0.5, 0.6) is 0 Å². The molecule has 0 radical (unpaired) electrons. The minimum absolute atomic E-state index is 0.511. The molecule has 0 nitrogen and oxygen atoms in total. The van der Waals surface area contributed by atoms with Gasteiger partial charge in [-0.2, -0.15) is 0 Å². The van der Waals surface area contributed by atoms with Crippen LogP contribution in [0.4, 0.5) is 0 Å². The van der Waals surface area contributed by atoms with Crippen LogP contribution in [0.3, 0.4) is 0 Å². The molecular formula is C16H12Se2. The van der Waals surface area contributed by atoms with Gasteiger partial charge in [0.1, 0.15) is 0 Å². The van der Waals surface area contributed by atoms with Gasteiger partial charge in [-0.1, -0.05) is 0 Å². The summed E-state index contributed by atoms with van der Waals surface area (Å²) in [6, 6.07) is 21.4. The second kappa shape index (κ2) is 5.73. The zero-order valence-corrected chi connectivity index (χ0v) is 13.2. The van der Waals surface area contributed by atoms with Crippen molar-refractivity contribution in [1.82, 2.24) is 0 Å². The molecule has 0 aliphatic carbocycles. The summed E-state index contributed by atoms with van der Waals surface area (Å²) in [7, 11) is 0. The molecule has 0 saturated carbocycles. The fraction of sp³-hybridized carbons (Fsp3) is 0. The molecule has 0 aromatic heterocycles. The second-order valence-corrected chi connectivity index (χ2v) is 9.44. The molecule has 0 unspecified atom stereocenters. The van der Waals surface area contributed by atoms with Gasteiger partial charge >= 0.3 is 121 Å². The van der Waals surface area contributed by atoms with E-state index < -0.39 is 0 Å². The van der Waals surface area contributed by atoms with Crippen molar-refractivity contribution in [3.8, 4) is 0 Å². The van der Waals surface area contributed by atoms with E-state index in [4.69, 9.17) is 0 Å². The summed E-state index contributed by atoms with van der Waals surface area (Å²) >= 11 is 1.05. The van der Waals surface area contributed by atoms with E-state index in [0.717, 1.165) is 0 Å². The first-order chi connectivity index (χ1) is 8.92. The fourth-order valence-corrected chi connectivity index (χ4v) is 7.60. The van der Waals surface area contributed by atoms with Gasteiger partial charge in [0.25, 0.3) is 0 Å². The Morgan fingerprint density at radius 2 is 1.44 bits per heavy atom. The van der Waals surface area contributed by atoms with Crippen molar-refractivity contribution in [2.75, 3.05) is 0 Å². The fourth-order valence-electron chi connectivity index (χ4n) is 1.75. The van der Waals surface area contributed by atoms with E-state index in [1.807, 2.05) is 0 Å². The van der Waals surface area contributed by atoms with E-state index in [0.29, 0.717) is 29.9 Å². The zero-order chi connectivity index (χ0) is 12.2. The van der Waals surface area contributed by atoms with E-state index in [-0.39, 0.29) is 0 Å². The zero-order valence-electron chi connectivity index (χ0n) is 9.74. The summed E-state index contributed by atoms with van der Waals surface area (Å²) in [5.41, 5.74) is 2.73. The number of rotatable bonds is 2. The topological polar surface area (TPSA) is 0 Å². The molecule has 2 aromatic carbocycles. The average Bonchev–Trinajstić information content (AvgIpc) is 2.89. The van der Waals surface area contributed by atoms with Crippen LogP contribution in [0.15, 0.2) is 69.0 Å². The van der Waals surface area contributed by atoms with Gasteiger partial charge in [-0.3, -0.25) is 0 Å². The summed E-state index contributed by atoms with van der Waals surface area (Å²) in [6.45, 7) is 0. The molecule has 88 valence electrons. The third kappa shape index (κ3) is 2.85. The van der Waals surface area contributed by atoms with Crippen LogP contribution in [0.2, 0.25) is 0 Å². The van der Waals surface area contributed by atoms with Crippen molar-refractivity contribution in [2.45, 2.75) is 0 Å². The molecule has 0 atom stereocenters. The van der Waals surface area contributed by atoms with E-state index in [9.17, 15) is 0 Å². The maximum absolute atomic E-state index is 2.44. The van der Waals surface area contributed by atoms with Gasteiger partial charge in [0, 0.05) is 0 Å². The Labute approximate surface area is 120 Å². The Morgan fingerprint density at radius 1 is 0.778 bits per heavy atom. The number of benzene rings is 2. The molecule has 2 aromatic rings. The van der Waals surface area contributed by atoms with Crippen LogP contribution >= 0.6 is 0 Å². The number of hydrogen-bond acceptors (Lipinski definition) is 0. The van der Waals surface area contributed by atoms with Crippen LogP contribution in [0.25, 0.3) is 10.5 Å². The molecule has 1 aliphatic heterocycles. The van der Waals surface area contributed by atoms with Gasteiger partial charge in [-0.15, -0.1) is 0 Å². The van der Waals surface area contributed by atoms with Gasteiger partial charge in [0.15, 0.2) is 0 Å². The first-order valence-corrected chi connectivity index (χ1v) is 9.34. The van der Waals surface area contributed by atoms with E-state index >= 15 is 0 Å². The Kier molecular flexibility index (Phi) is 3.83. The van der Waals surface area contributed by atoms with Gasteiger partial charge < -0.3 is 0 Å². The third-order valence-electron chi connectivity index (χ3n) is 2.64. The SMILES string of the molecule is C1=C(c2ccccc2)[Se]/C(=C/c2ccccc2)[Se]1. The molecule has 0 saturated heterocycles. The van der Waals surface area contributed by atoms with Gasteiger partial charge in [0.05, 0.1) is 0 Å². The summed E-state index contributed by atoms with van der Waals surface area (Å²) in [5.74, 6) is 0. The first kappa shape index (κ1) is 12.0. The van der Waals surface area contributed by atoms with E-state index in [1.165, 1.54) is 11.1 Å². The Hall–Kier alpha value is -1.04. The Balaban J connectivity index is 1.77. The Bertz CT molecular complexity index is 583. The summed E-state index contributed by atoms with van der Waals surface area (Å²) in [5, 5.41) is 0. The molecule has 1 heterocycles. The molecule has 18 heavy (non-hydrogen) atoms. The molecule has 0 amide bonds. The monoisotopic (exact) mass is 364 g/mol. The maximum atomic E-state index is 2.44. The van der Waals surface area contributed by atoms with Gasteiger partial charge in [-0.25, -0.2) is 0 Å². The number of hydrogen-bond donors (Lipinski definition) is 0. The van der Waals surface area contributed by atoms with Crippen molar-refractivity contribution in [2.24, 2.45) is 0 Å². The standard InChI is InChI=1S/C16H12Se2/c1-3-7-13(8-4-1)11-16-17-12-15(18-16)14-9-5-2-6-10-14/h1-12H/b16-11+. The van der Waals surface area contributed by atoms with Crippen LogP contribution < -0.4 is 0 Å². The third-order valence-corrected chi connectivity index (χ3v) is 8.70. The molecule has 1 aliphatic rings. The normalized spacial score (nSPS) is 16.9. The molecular weight excluding hydrogens is 350 g/mol. The Morgan fingerprint density at radius 3 is 2.17 bits per heavy atom. The molecule has 2 heteroatoms. The predicted octanol–water partition coefficient (Wildman–Crippen LogP) is 3.41. The second-order valence-electron chi connectivity index (χ2n) is 3.94. The summed E-state index contributed by atoms with van der Waals surface area (Å²) < 4.78 is 3.17. The minimum atomic E-state index is 0.511. The average molecular weight is 362 g/mol. The first-order valence-electron chi connectivity index (χ1n) is 5.79. The van der Waals surface area contributed by atoms with Gasteiger partial charge in [-0.05, 0) is 0 Å². The predicted molar refractivity (Wildman–Crippen MR) is 80.3 cm³/mol. The van der Waals surface area contributed by atoms with Crippen LogP contribution in [0, 0.1) is 0 Å². The molecule has 0 N–H and O–H groups in total.